The van der Waals surface area contributed by atoms with E-state index in [0.29, 0.717) is 11.4 Å². The number of aliphatic carboxylic acids is 2. The Balaban J connectivity index is 0.000000349. The van der Waals surface area contributed by atoms with Crippen molar-refractivity contribution in [3.8, 4) is 0 Å². The second-order valence-electron chi connectivity index (χ2n) is 10.4. The fraction of sp³-hybridized carbons (Fsp3) is 0.242. The van der Waals surface area contributed by atoms with E-state index in [4.69, 9.17) is 15.6 Å². The van der Waals surface area contributed by atoms with E-state index in [9.17, 15) is 33.6 Å². The summed E-state index contributed by atoms with van der Waals surface area (Å²) in [4.78, 5) is 53.6. The number of carbonyl (C=O) groups is 4. The zero-order chi connectivity index (χ0) is 34.0. The van der Waals surface area contributed by atoms with Gasteiger partial charge in [-0.3, -0.25) is 9.00 Å². The number of carbonyl (C=O) groups excluding carboxylic acids is 2. The van der Waals surface area contributed by atoms with Crippen LogP contribution in [0, 0.1) is 13.8 Å². The second kappa shape index (κ2) is 16.9. The maximum Gasteiger partial charge on any atom is 0.360 e. The molecule has 0 spiro atoms. The Morgan fingerprint density at radius 3 is 1.94 bits per heavy atom. The van der Waals surface area contributed by atoms with Crippen molar-refractivity contribution in [3.05, 3.63) is 113 Å². The van der Waals surface area contributed by atoms with Crippen molar-refractivity contribution in [3.63, 3.8) is 0 Å². The highest BCUT2D eigenvalue weighted by atomic mass is 32.2. The molecule has 0 aliphatic carbocycles. The standard InChI is InChI=1S/C20H18O8.C13H17N3OS.H2O/c1-11-3-7-13(8-4-11)15(21)20(19(26)27,16(22)17(23)24)28-18(25)14-9-5-12(2)6-10-14;1-2-7-16-10-15-8-12(16)9-18(17)13-5-3-11(14)4-6-13;/h3-10,16,22H,1-2H3,(H,23,24)(H,26,27);3-6,8,10H,2,7,9,14H2,1H3;1H2/t16-,20+;;/m1../s1. The molecule has 0 aliphatic heterocycles. The molecule has 0 saturated heterocycles. The SMILES string of the molecule is CCCn1cncc1CS(=O)c1ccc(N)cc1.Cc1ccc(C(=O)O[C@@](C(=O)O)(C(=O)c2ccc(C)cc2)[C@H](O)C(=O)O)cc1.O. The van der Waals surface area contributed by atoms with Gasteiger partial charge in [-0.2, -0.15) is 0 Å². The number of aromatic nitrogens is 2. The predicted molar refractivity (Wildman–Crippen MR) is 173 cm³/mol. The minimum Gasteiger partial charge on any atom is -0.479 e. The van der Waals surface area contributed by atoms with Crippen LogP contribution in [0.3, 0.4) is 0 Å². The Labute approximate surface area is 273 Å². The van der Waals surface area contributed by atoms with Crippen LogP contribution in [0.4, 0.5) is 5.69 Å². The molecule has 1 aromatic heterocycles. The van der Waals surface area contributed by atoms with Gasteiger partial charge >= 0.3 is 23.5 Å². The highest BCUT2D eigenvalue weighted by Crippen LogP contribution is 2.26. The van der Waals surface area contributed by atoms with Crippen LogP contribution in [-0.4, -0.2) is 70.0 Å². The van der Waals surface area contributed by atoms with Gasteiger partial charge in [-0.25, -0.2) is 19.4 Å². The number of ether oxygens (including phenoxy) is 1. The van der Waals surface area contributed by atoms with Crippen LogP contribution in [0.25, 0.3) is 0 Å². The first-order valence-electron chi connectivity index (χ1n) is 14.1. The Morgan fingerprint density at radius 2 is 1.45 bits per heavy atom. The average molecular weight is 668 g/mol. The largest absolute Gasteiger partial charge is 0.479 e. The lowest BCUT2D eigenvalue weighted by Gasteiger charge is -2.30. The molecule has 4 aromatic rings. The second-order valence-corrected chi connectivity index (χ2v) is 11.8. The van der Waals surface area contributed by atoms with Crippen LogP contribution in [0.2, 0.25) is 0 Å². The third-order valence-electron chi connectivity index (χ3n) is 6.81. The van der Waals surface area contributed by atoms with Crippen molar-refractivity contribution in [1.82, 2.24) is 9.55 Å². The lowest BCUT2D eigenvalue weighted by Crippen LogP contribution is -2.61. The minimum atomic E-state index is -3.36. The van der Waals surface area contributed by atoms with Crippen molar-refractivity contribution in [1.29, 1.82) is 0 Å². The molecule has 0 saturated carbocycles. The maximum atomic E-state index is 12.9. The van der Waals surface area contributed by atoms with Gasteiger partial charge in [-0.1, -0.05) is 54.4 Å². The smallest absolute Gasteiger partial charge is 0.360 e. The highest BCUT2D eigenvalue weighted by Gasteiger charge is 2.59. The molecule has 14 heteroatoms. The summed E-state index contributed by atoms with van der Waals surface area (Å²) in [6.45, 7) is 6.50. The molecule has 0 aliphatic rings. The number of aliphatic hydroxyl groups excluding tert-OH is 1. The molecule has 47 heavy (non-hydrogen) atoms. The summed E-state index contributed by atoms with van der Waals surface area (Å²) in [6.07, 6.45) is 1.79. The fourth-order valence-corrected chi connectivity index (χ4v) is 5.34. The van der Waals surface area contributed by atoms with Gasteiger partial charge in [-0.15, -0.1) is 0 Å². The lowest BCUT2D eigenvalue weighted by molar-refractivity contribution is -0.176. The number of hydrogen-bond acceptors (Lipinski definition) is 9. The summed E-state index contributed by atoms with van der Waals surface area (Å²) >= 11 is 0. The van der Waals surface area contributed by atoms with Crippen LogP contribution in [-0.2, 0) is 37.4 Å². The van der Waals surface area contributed by atoms with E-state index < -0.39 is 46.2 Å². The van der Waals surface area contributed by atoms with Gasteiger partial charge in [0.05, 0.1) is 34.1 Å². The summed E-state index contributed by atoms with van der Waals surface area (Å²) in [5.41, 5.74) is 5.18. The van der Waals surface area contributed by atoms with E-state index in [2.05, 4.69) is 16.5 Å². The molecule has 1 heterocycles. The summed E-state index contributed by atoms with van der Waals surface area (Å²) in [7, 11) is -1.05. The van der Waals surface area contributed by atoms with Gasteiger partial charge in [0.2, 0.25) is 11.9 Å². The van der Waals surface area contributed by atoms with E-state index in [0.717, 1.165) is 34.7 Å². The molecule has 3 atom stereocenters. The van der Waals surface area contributed by atoms with E-state index in [1.165, 1.54) is 36.4 Å². The maximum absolute atomic E-state index is 12.9. The third kappa shape index (κ3) is 9.42. The molecule has 13 nitrogen and oxygen atoms in total. The Bertz CT molecular complexity index is 1700. The molecular formula is C33H37N3O10S. The summed E-state index contributed by atoms with van der Waals surface area (Å²) in [5.74, 6) is -6.27. The summed E-state index contributed by atoms with van der Waals surface area (Å²) in [6, 6.07) is 18.4. The minimum absolute atomic E-state index is 0. The molecule has 7 N–H and O–H groups in total. The van der Waals surface area contributed by atoms with Gasteiger partial charge in [0.15, 0.2) is 0 Å². The van der Waals surface area contributed by atoms with Gasteiger partial charge in [0.1, 0.15) is 0 Å². The van der Waals surface area contributed by atoms with E-state index in [1.807, 2.05) is 12.1 Å². The number of esters is 1. The van der Waals surface area contributed by atoms with Gasteiger partial charge in [0.25, 0.3) is 0 Å². The normalized spacial score (nSPS) is 13.0. The van der Waals surface area contributed by atoms with Crippen molar-refractivity contribution in [2.45, 2.75) is 56.1 Å². The number of Topliss-reactive ketones (excluding diaryl/α,β-unsaturated/α-hetero) is 1. The molecule has 0 bridgehead atoms. The van der Waals surface area contributed by atoms with E-state index in [1.54, 1.807) is 50.6 Å². The number of imidazole rings is 1. The molecule has 4 rings (SSSR count). The molecular weight excluding hydrogens is 630 g/mol. The average Bonchev–Trinajstić information content (AvgIpc) is 3.46. The number of nitrogens with two attached hydrogens (primary N) is 1. The first-order valence-corrected chi connectivity index (χ1v) is 15.4. The van der Waals surface area contributed by atoms with Gasteiger partial charge in [0, 0.05) is 28.9 Å². The fourth-order valence-electron chi connectivity index (χ4n) is 4.22. The van der Waals surface area contributed by atoms with Crippen molar-refractivity contribution in [2.24, 2.45) is 0 Å². The van der Waals surface area contributed by atoms with Gasteiger partial charge in [-0.05, 0) is 56.7 Å². The number of carboxylic acid groups (broad SMARTS) is 2. The zero-order valence-electron chi connectivity index (χ0n) is 26.0. The number of ketones is 1. The Hall–Kier alpha value is -5.18. The van der Waals surface area contributed by atoms with Crippen molar-refractivity contribution >= 4 is 40.2 Å². The highest BCUT2D eigenvalue weighted by molar-refractivity contribution is 7.84. The predicted octanol–water partition coefficient (Wildman–Crippen LogP) is 2.97. The van der Waals surface area contributed by atoms with Crippen LogP contribution in [0.1, 0.15) is 50.9 Å². The molecule has 3 aromatic carbocycles. The number of rotatable bonds is 12. The molecule has 1 unspecified atom stereocenters. The summed E-state index contributed by atoms with van der Waals surface area (Å²) < 4.78 is 19.1. The lowest BCUT2D eigenvalue weighted by atomic mass is 9.86. The first-order chi connectivity index (χ1) is 21.8. The number of hydrogen-bond donors (Lipinski definition) is 4. The van der Waals surface area contributed by atoms with E-state index in [-0.39, 0.29) is 16.6 Å². The summed E-state index contributed by atoms with van der Waals surface area (Å²) in [5, 5.41) is 28.9. The quantitative estimate of drug-likeness (QED) is 0.0742. The van der Waals surface area contributed by atoms with Crippen molar-refractivity contribution in [2.75, 3.05) is 5.73 Å². The number of nitrogens with zero attached hydrogens (tertiary/aromatic N) is 2. The number of benzene rings is 3. The van der Waals surface area contributed by atoms with Crippen LogP contribution < -0.4 is 5.73 Å². The topological polar surface area (TPSA) is 231 Å². The zero-order valence-corrected chi connectivity index (χ0v) is 26.8. The number of carboxylic acids is 2. The number of aryl methyl sites for hydroxylation is 3. The van der Waals surface area contributed by atoms with E-state index >= 15 is 0 Å². The third-order valence-corrected chi connectivity index (χ3v) is 8.17. The van der Waals surface area contributed by atoms with Crippen molar-refractivity contribution < 1.29 is 48.9 Å². The van der Waals surface area contributed by atoms with Crippen LogP contribution in [0.5, 0.6) is 0 Å². The molecule has 0 amide bonds. The number of nitrogen functional groups attached to an aromatic ring is 1. The monoisotopic (exact) mass is 667 g/mol. The Kier molecular flexibility index (Phi) is 13.7. The number of aliphatic hydroxyl groups is 1. The molecule has 0 radical (unpaired) electrons. The Morgan fingerprint density at radius 1 is 0.915 bits per heavy atom. The first kappa shape index (κ1) is 38.0. The van der Waals surface area contributed by atoms with Crippen LogP contribution in [0.15, 0.2) is 90.2 Å². The van der Waals surface area contributed by atoms with Crippen LogP contribution >= 0.6 is 0 Å². The molecule has 250 valence electrons. The number of anilines is 1. The molecule has 0 fully saturated rings. The van der Waals surface area contributed by atoms with Gasteiger partial charge < -0.3 is 35.8 Å².